The SMILES string of the molecule is Cc1ccc(F)c(C23CC(N)(C2)C3)c1. The molecule has 0 saturated heterocycles. The van der Waals surface area contributed by atoms with Gasteiger partial charge in [0.25, 0.3) is 0 Å². The first-order valence-corrected chi connectivity index (χ1v) is 5.09. The van der Waals surface area contributed by atoms with E-state index in [-0.39, 0.29) is 16.8 Å². The Kier molecular flexibility index (Phi) is 1.32. The van der Waals surface area contributed by atoms with Gasteiger partial charge in [-0.25, -0.2) is 4.39 Å². The summed E-state index contributed by atoms with van der Waals surface area (Å²) in [5, 5.41) is 0. The van der Waals surface area contributed by atoms with Crippen molar-refractivity contribution in [1.29, 1.82) is 0 Å². The molecule has 14 heavy (non-hydrogen) atoms. The second-order valence-electron chi connectivity index (χ2n) is 5.16. The Bertz CT molecular complexity index is 391. The molecule has 3 aliphatic rings. The Balaban J connectivity index is 2.01. The summed E-state index contributed by atoms with van der Waals surface area (Å²) in [6.07, 6.45) is 2.92. The van der Waals surface area contributed by atoms with Crippen LogP contribution in [-0.4, -0.2) is 5.54 Å². The molecule has 0 spiro atoms. The third-order valence-electron chi connectivity index (χ3n) is 3.76. The summed E-state index contributed by atoms with van der Waals surface area (Å²) in [6.45, 7) is 2.01. The summed E-state index contributed by atoms with van der Waals surface area (Å²) in [7, 11) is 0. The highest BCUT2D eigenvalue weighted by Crippen LogP contribution is 2.66. The van der Waals surface area contributed by atoms with Crippen LogP contribution in [0.5, 0.6) is 0 Å². The summed E-state index contributed by atoms with van der Waals surface area (Å²) in [5.74, 6) is -0.0580. The molecule has 1 nitrogen and oxygen atoms in total. The Hall–Kier alpha value is -0.890. The van der Waals surface area contributed by atoms with E-state index in [1.165, 1.54) is 0 Å². The van der Waals surface area contributed by atoms with Gasteiger partial charge in [0.2, 0.25) is 0 Å². The van der Waals surface area contributed by atoms with Crippen molar-refractivity contribution >= 4 is 0 Å². The maximum atomic E-state index is 13.6. The van der Waals surface area contributed by atoms with Crippen LogP contribution in [-0.2, 0) is 5.41 Å². The smallest absolute Gasteiger partial charge is 0.126 e. The quantitative estimate of drug-likeness (QED) is 0.724. The molecule has 2 N–H and O–H groups in total. The minimum atomic E-state index is -0.0580. The van der Waals surface area contributed by atoms with E-state index in [0.717, 1.165) is 30.4 Å². The lowest BCUT2D eigenvalue weighted by atomic mass is 9.38. The zero-order valence-electron chi connectivity index (χ0n) is 8.31. The molecule has 2 bridgehead atoms. The standard InChI is InChI=1S/C12H14FN/c1-8-2-3-10(13)9(4-8)11-5-12(14,6-11)7-11/h2-4H,5-7,14H2,1H3. The van der Waals surface area contributed by atoms with Gasteiger partial charge in [0.05, 0.1) is 0 Å². The van der Waals surface area contributed by atoms with Crippen molar-refractivity contribution in [3.8, 4) is 0 Å². The first-order chi connectivity index (χ1) is 6.53. The second-order valence-corrected chi connectivity index (χ2v) is 5.16. The van der Waals surface area contributed by atoms with Gasteiger partial charge in [-0.05, 0) is 37.8 Å². The van der Waals surface area contributed by atoms with Gasteiger partial charge in [-0.15, -0.1) is 0 Å². The van der Waals surface area contributed by atoms with Crippen LogP contribution in [0.25, 0.3) is 0 Å². The molecule has 3 aliphatic carbocycles. The van der Waals surface area contributed by atoms with Crippen molar-refractivity contribution in [2.75, 3.05) is 0 Å². The lowest BCUT2D eigenvalue weighted by Gasteiger charge is -2.69. The lowest BCUT2D eigenvalue weighted by molar-refractivity contribution is -0.0612. The number of rotatable bonds is 1. The van der Waals surface area contributed by atoms with E-state index >= 15 is 0 Å². The number of benzene rings is 1. The molecule has 3 saturated carbocycles. The fourth-order valence-corrected chi connectivity index (χ4v) is 3.20. The highest BCUT2D eigenvalue weighted by atomic mass is 19.1. The van der Waals surface area contributed by atoms with E-state index in [1.54, 1.807) is 6.07 Å². The fraction of sp³-hybridized carbons (Fsp3) is 0.500. The molecule has 0 amide bonds. The predicted octanol–water partition coefficient (Wildman–Crippen LogP) is 2.27. The minimum absolute atomic E-state index is 0.0518. The van der Waals surface area contributed by atoms with Crippen molar-refractivity contribution in [3.05, 3.63) is 35.1 Å². The molecular weight excluding hydrogens is 177 g/mol. The van der Waals surface area contributed by atoms with Crippen molar-refractivity contribution in [1.82, 2.24) is 0 Å². The normalized spacial score (nSPS) is 38.8. The van der Waals surface area contributed by atoms with Gasteiger partial charge in [0, 0.05) is 11.0 Å². The number of aryl methyl sites for hydroxylation is 1. The third kappa shape index (κ3) is 0.871. The maximum Gasteiger partial charge on any atom is 0.126 e. The fourth-order valence-electron chi connectivity index (χ4n) is 3.20. The molecule has 0 unspecified atom stereocenters. The summed E-state index contributed by atoms with van der Waals surface area (Å²) >= 11 is 0. The van der Waals surface area contributed by atoms with E-state index in [1.807, 2.05) is 19.1 Å². The van der Waals surface area contributed by atoms with Gasteiger partial charge in [-0.3, -0.25) is 0 Å². The minimum Gasteiger partial charge on any atom is -0.325 e. The van der Waals surface area contributed by atoms with Crippen LogP contribution in [0.3, 0.4) is 0 Å². The second kappa shape index (κ2) is 2.19. The Morgan fingerprint density at radius 3 is 2.50 bits per heavy atom. The predicted molar refractivity (Wildman–Crippen MR) is 53.6 cm³/mol. The maximum absolute atomic E-state index is 13.6. The van der Waals surface area contributed by atoms with Crippen molar-refractivity contribution in [2.45, 2.75) is 37.1 Å². The summed E-state index contributed by atoms with van der Waals surface area (Å²) in [4.78, 5) is 0. The average molecular weight is 191 g/mol. The lowest BCUT2D eigenvalue weighted by Crippen LogP contribution is -2.74. The van der Waals surface area contributed by atoms with E-state index in [9.17, 15) is 4.39 Å². The van der Waals surface area contributed by atoms with Crippen LogP contribution in [0.2, 0.25) is 0 Å². The first kappa shape index (κ1) is 8.42. The molecule has 1 aromatic rings. The molecule has 0 aromatic heterocycles. The molecule has 4 rings (SSSR count). The Morgan fingerprint density at radius 2 is 1.93 bits per heavy atom. The van der Waals surface area contributed by atoms with Crippen LogP contribution < -0.4 is 5.73 Å². The van der Waals surface area contributed by atoms with Crippen molar-refractivity contribution in [3.63, 3.8) is 0 Å². The molecule has 74 valence electrons. The monoisotopic (exact) mass is 191 g/mol. The highest BCUT2D eigenvalue weighted by Gasteiger charge is 2.67. The molecule has 0 aliphatic heterocycles. The summed E-state index contributed by atoms with van der Waals surface area (Å²) < 4.78 is 13.6. The summed E-state index contributed by atoms with van der Waals surface area (Å²) in [5.41, 5.74) is 8.16. The highest BCUT2D eigenvalue weighted by molar-refractivity contribution is 5.43. The van der Waals surface area contributed by atoms with Crippen LogP contribution in [0.15, 0.2) is 18.2 Å². The van der Waals surface area contributed by atoms with Gasteiger partial charge in [0.15, 0.2) is 0 Å². The largest absolute Gasteiger partial charge is 0.325 e. The van der Waals surface area contributed by atoms with Crippen LogP contribution in [0, 0.1) is 12.7 Å². The zero-order valence-corrected chi connectivity index (χ0v) is 8.31. The van der Waals surface area contributed by atoms with Crippen LogP contribution in [0.1, 0.15) is 30.4 Å². The topological polar surface area (TPSA) is 26.0 Å². The number of halogens is 1. The van der Waals surface area contributed by atoms with E-state index in [0.29, 0.717) is 0 Å². The van der Waals surface area contributed by atoms with E-state index < -0.39 is 0 Å². The number of nitrogens with two attached hydrogens (primary N) is 1. The van der Waals surface area contributed by atoms with Crippen LogP contribution in [0.4, 0.5) is 4.39 Å². The number of hydrogen-bond donors (Lipinski definition) is 1. The molecule has 3 fully saturated rings. The van der Waals surface area contributed by atoms with Crippen molar-refractivity contribution in [2.24, 2.45) is 5.73 Å². The van der Waals surface area contributed by atoms with Gasteiger partial charge in [-0.1, -0.05) is 17.7 Å². The van der Waals surface area contributed by atoms with Gasteiger partial charge < -0.3 is 5.73 Å². The van der Waals surface area contributed by atoms with Gasteiger partial charge in [-0.2, -0.15) is 0 Å². The molecule has 0 radical (unpaired) electrons. The molecule has 1 aromatic carbocycles. The summed E-state index contributed by atoms with van der Waals surface area (Å²) in [6, 6.07) is 5.38. The Labute approximate surface area is 83.1 Å². The zero-order chi connectivity index (χ0) is 9.97. The van der Waals surface area contributed by atoms with Crippen molar-refractivity contribution < 1.29 is 4.39 Å². The molecule has 0 atom stereocenters. The van der Waals surface area contributed by atoms with Crippen LogP contribution >= 0.6 is 0 Å². The first-order valence-electron chi connectivity index (χ1n) is 5.09. The third-order valence-corrected chi connectivity index (χ3v) is 3.76. The molecular formula is C12H14FN. The Morgan fingerprint density at radius 1 is 1.29 bits per heavy atom. The van der Waals surface area contributed by atoms with E-state index in [2.05, 4.69) is 0 Å². The van der Waals surface area contributed by atoms with E-state index in [4.69, 9.17) is 5.73 Å². The van der Waals surface area contributed by atoms with Gasteiger partial charge >= 0.3 is 0 Å². The molecule has 0 heterocycles. The number of hydrogen-bond acceptors (Lipinski definition) is 1. The molecule has 2 heteroatoms. The van der Waals surface area contributed by atoms with Gasteiger partial charge in [0.1, 0.15) is 5.82 Å². The average Bonchev–Trinajstić information content (AvgIpc) is 2.02.